The van der Waals surface area contributed by atoms with Gasteiger partial charge in [0.05, 0.1) is 6.10 Å². The molecule has 0 bridgehead atoms. The standard InChI is InChI=1S/C9H8Br2ClFO2/c10-3-7(14)9(15)8-5(11)1-4(12)2-6(8)13/h1-2,7,9,14-15H,3H2. The first-order chi connectivity index (χ1) is 6.97. The summed E-state index contributed by atoms with van der Waals surface area (Å²) in [5.74, 6) is -0.651. The van der Waals surface area contributed by atoms with Gasteiger partial charge in [-0.25, -0.2) is 4.39 Å². The van der Waals surface area contributed by atoms with Gasteiger partial charge in [-0.1, -0.05) is 43.5 Å². The summed E-state index contributed by atoms with van der Waals surface area (Å²) >= 11 is 11.7. The summed E-state index contributed by atoms with van der Waals surface area (Å²) in [4.78, 5) is 0. The van der Waals surface area contributed by atoms with E-state index in [-0.39, 0.29) is 15.9 Å². The molecule has 0 saturated heterocycles. The van der Waals surface area contributed by atoms with Crippen molar-refractivity contribution < 1.29 is 14.6 Å². The third-order valence-electron chi connectivity index (χ3n) is 1.86. The average molecular weight is 362 g/mol. The molecule has 1 rings (SSSR count). The third-order valence-corrected chi connectivity index (χ3v) is 3.40. The molecule has 0 spiro atoms. The lowest BCUT2D eigenvalue weighted by molar-refractivity contribution is 0.0315. The van der Waals surface area contributed by atoms with Crippen LogP contribution in [-0.2, 0) is 0 Å². The molecule has 0 aliphatic heterocycles. The van der Waals surface area contributed by atoms with Gasteiger partial charge in [0, 0.05) is 20.4 Å². The van der Waals surface area contributed by atoms with Crippen LogP contribution < -0.4 is 0 Å². The van der Waals surface area contributed by atoms with E-state index in [4.69, 9.17) is 11.6 Å². The molecule has 2 atom stereocenters. The van der Waals surface area contributed by atoms with Gasteiger partial charge in [-0.05, 0) is 12.1 Å². The molecule has 0 aromatic heterocycles. The first-order valence-corrected chi connectivity index (χ1v) is 6.33. The summed E-state index contributed by atoms with van der Waals surface area (Å²) in [5.41, 5.74) is 0.00588. The van der Waals surface area contributed by atoms with Gasteiger partial charge in [-0.2, -0.15) is 0 Å². The minimum atomic E-state index is -1.30. The van der Waals surface area contributed by atoms with E-state index >= 15 is 0 Å². The van der Waals surface area contributed by atoms with Crippen molar-refractivity contribution in [2.45, 2.75) is 12.2 Å². The van der Waals surface area contributed by atoms with Crippen LogP contribution in [0.4, 0.5) is 4.39 Å². The van der Waals surface area contributed by atoms with E-state index < -0.39 is 18.0 Å². The number of aliphatic hydroxyl groups excluding tert-OH is 2. The SMILES string of the molecule is OC(CBr)C(O)c1c(F)cc(Cl)cc1Br. The highest BCUT2D eigenvalue weighted by atomic mass is 79.9. The minimum absolute atomic E-state index is 0.00588. The van der Waals surface area contributed by atoms with Gasteiger partial charge in [0.15, 0.2) is 0 Å². The van der Waals surface area contributed by atoms with E-state index in [1.54, 1.807) is 0 Å². The smallest absolute Gasteiger partial charge is 0.131 e. The van der Waals surface area contributed by atoms with E-state index in [0.29, 0.717) is 4.47 Å². The Kier molecular flexibility index (Phi) is 4.99. The molecule has 0 radical (unpaired) electrons. The van der Waals surface area contributed by atoms with Crippen molar-refractivity contribution >= 4 is 43.5 Å². The predicted molar refractivity (Wildman–Crippen MR) is 63.9 cm³/mol. The maximum atomic E-state index is 13.5. The Morgan fingerprint density at radius 3 is 2.47 bits per heavy atom. The lowest BCUT2D eigenvalue weighted by Gasteiger charge is -2.18. The fourth-order valence-electron chi connectivity index (χ4n) is 1.11. The van der Waals surface area contributed by atoms with E-state index in [1.807, 2.05) is 0 Å². The maximum Gasteiger partial charge on any atom is 0.131 e. The van der Waals surface area contributed by atoms with Crippen molar-refractivity contribution in [3.63, 3.8) is 0 Å². The van der Waals surface area contributed by atoms with Gasteiger partial charge in [-0.3, -0.25) is 0 Å². The number of benzene rings is 1. The number of aliphatic hydroxyl groups is 2. The lowest BCUT2D eigenvalue weighted by atomic mass is 10.1. The van der Waals surface area contributed by atoms with Crippen LogP contribution in [0.5, 0.6) is 0 Å². The van der Waals surface area contributed by atoms with Crippen molar-refractivity contribution in [3.05, 3.63) is 33.0 Å². The Bertz CT molecular complexity index is 339. The monoisotopic (exact) mass is 360 g/mol. The highest BCUT2D eigenvalue weighted by molar-refractivity contribution is 9.10. The molecular formula is C9H8Br2ClFO2. The summed E-state index contributed by atoms with van der Waals surface area (Å²) in [6.07, 6.45) is -2.37. The van der Waals surface area contributed by atoms with Gasteiger partial charge in [0.2, 0.25) is 0 Å². The molecule has 6 heteroatoms. The fraction of sp³-hybridized carbons (Fsp3) is 0.333. The minimum Gasteiger partial charge on any atom is -0.389 e. The third kappa shape index (κ3) is 3.14. The summed E-state index contributed by atoms with van der Waals surface area (Å²) in [7, 11) is 0. The molecule has 0 saturated carbocycles. The Morgan fingerprint density at radius 1 is 1.40 bits per heavy atom. The summed E-state index contributed by atoms with van der Waals surface area (Å²) in [6.45, 7) is 0. The van der Waals surface area contributed by atoms with Crippen LogP contribution in [0.15, 0.2) is 16.6 Å². The van der Waals surface area contributed by atoms with Crippen molar-refractivity contribution in [1.82, 2.24) is 0 Å². The number of alkyl halides is 1. The molecule has 2 unspecified atom stereocenters. The zero-order valence-electron chi connectivity index (χ0n) is 7.42. The molecular weight excluding hydrogens is 354 g/mol. The van der Waals surface area contributed by atoms with Gasteiger partial charge < -0.3 is 10.2 Å². The Hall–Kier alpha value is 0.320. The first kappa shape index (κ1) is 13.4. The Balaban J connectivity index is 3.13. The van der Waals surface area contributed by atoms with E-state index in [9.17, 15) is 14.6 Å². The van der Waals surface area contributed by atoms with Crippen LogP contribution in [0.1, 0.15) is 11.7 Å². The molecule has 0 fully saturated rings. The lowest BCUT2D eigenvalue weighted by Crippen LogP contribution is -2.21. The van der Waals surface area contributed by atoms with Gasteiger partial charge in [0.25, 0.3) is 0 Å². The van der Waals surface area contributed by atoms with Crippen molar-refractivity contribution in [3.8, 4) is 0 Å². The zero-order chi connectivity index (χ0) is 11.6. The number of hydrogen-bond acceptors (Lipinski definition) is 2. The maximum absolute atomic E-state index is 13.5. The molecule has 84 valence electrons. The topological polar surface area (TPSA) is 40.5 Å². The van der Waals surface area contributed by atoms with Gasteiger partial charge in [-0.15, -0.1) is 0 Å². The van der Waals surface area contributed by atoms with E-state index in [2.05, 4.69) is 31.9 Å². The number of halogens is 4. The van der Waals surface area contributed by atoms with Crippen LogP contribution in [0, 0.1) is 5.82 Å². The van der Waals surface area contributed by atoms with Crippen LogP contribution in [-0.4, -0.2) is 21.6 Å². The summed E-state index contributed by atoms with van der Waals surface area (Å²) in [5, 5.41) is 19.4. The van der Waals surface area contributed by atoms with Crippen molar-refractivity contribution in [2.75, 3.05) is 5.33 Å². The van der Waals surface area contributed by atoms with Crippen LogP contribution in [0.25, 0.3) is 0 Å². The van der Waals surface area contributed by atoms with Crippen LogP contribution in [0.2, 0.25) is 5.02 Å². The molecule has 0 heterocycles. The zero-order valence-corrected chi connectivity index (χ0v) is 11.4. The second kappa shape index (κ2) is 5.59. The van der Waals surface area contributed by atoms with Crippen LogP contribution in [0.3, 0.4) is 0 Å². The first-order valence-electron chi connectivity index (χ1n) is 4.04. The number of rotatable bonds is 3. The van der Waals surface area contributed by atoms with E-state index in [1.165, 1.54) is 6.07 Å². The molecule has 0 aliphatic rings. The quantitative estimate of drug-likeness (QED) is 0.812. The normalized spacial score (nSPS) is 15.1. The van der Waals surface area contributed by atoms with Gasteiger partial charge >= 0.3 is 0 Å². The molecule has 0 aliphatic carbocycles. The van der Waals surface area contributed by atoms with Crippen molar-refractivity contribution in [2.24, 2.45) is 0 Å². The summed E-state index contributed by atoms with van der Waals surface area (Å²) < 4.78 is 13.8. The van der Waals surface area contributed by atoms with Crippen LogP contribution >= 0.6 is 43.5 Å². The largest absolute Gasteiger partial charge is 0.389 e. The molecule has 1 aromatic carbocycles. The second-order valence-electron chi connectivity index (χ2n) is 2.95. The summed E-state index contributed by atoms with van der Waals surface area (Å²) in [6, 6.07) is 2.55. The molecule has 0 amide bonds. The van der Waals surface area contributed by atoms with Crippen molar-refractivity contribution in [1.29, 1.82) is 0 Å². The Labute approximate surface area is 108 Å². The highest BCUT2D eigenvalue weighted by Gasteiger charge is 2.23. The Morgan fingerprint density at radius 2 is 2.00 bits per heavy atom. The van der Waals surface area contributed by atoms with Gasteiger partial charge in [0.1, 0.15) is 11.9 Å². The average Bonchev–Trinajstić information content (AvgIpc) is 2.14. The second-order valence-corrected chi connectivity index (χ2v) is 4.89. The fourth-order valence-corrected chi connectivity index (χ4v) is 2.47. The predicted octanol–water partition coefficient (Wildman–Crippen LogP) is 3.03. The van der Waals surface area contributed by atoms with E-state index in [0.717, 1.165) is 6.07 Å². The molecule has 2 nitrogen and oxygen atoms in total. The molecule has 15 heavy (non-hydrogen) atoms. The molecule has 1 aromatic rings. The number of hydrogen-bond donors (Lipinski definition) is 2. The highest BCUT2D eigenvalue weighted by Crippen LogP contribution is 2.31. The molecule has 2 N–H and O–H groups in total.